The average Bonchev–Trinajstić information content (AvgIpc) is 3.13. The molecule has 28 heavy (non-hydrogen) atoms. The van der Waals surface area contributed by atoms with Crippen molar-refractivity contribution in [2.75, 3.05) is 25.2 Å². The first-order valence-corrected chi connectivity index (χ1v) is 10.5. The van der Waals surface area contributed by atoms with Gasteiger partial charge in [0.15, 0.2) is 11.5 Å². The molecule has 0 spiro atoms. The van der Waals surface area contributed by atoms with Crippen molar-refractivity contribution in [1.29, 1.82) is 0 Å². The summed E-state index contributed by atoms with van der Waals surface area (Å²) in [5.41, 5.74) is 2.47. The Labute approximate surface area is 165 Å². The lowest BCUT2D eigenvalue weighted by molar-refractivity contribution is 0.102. The van der Waals surface area contributed by atoms with E-state index in [0.29, 0.717) is 35.8 Å². The van der Waals surface area contributed by atoms with Crippen molar-refractivity contribution >= 4 is 21.6 Å². The largest absolute Gasteiger partial charge is 0.454 e. The lowest BCUT2D eigenvalue weighted by Gasteiger charge is -2.20. The Balaban J connectivity index is 1.94. The number of amides is 1. The number of ether oxygens (including phenoxy) is 2. The van der Waals surface area contributed by atoms with Crippen LogP contribution in [0.5, 0.6) is 11.5 Å². The summed E-state index contributed by atoms with van der Waals surface area (Å²) in [6, 6.07) is 8.08. The third-order valence-corrected chi connectivity index (χ3v) is 6.89. The monoisotopic (exact) mass is 404 g/mol. The highest BCUT2D eigenvalue weighted by Crippen LogP contribution is 2.33. The molecule has 0 unspecified atom stereocenters. The predicted octanol–water partition coefficient (Wildman–Crippen LogP) is 3.31. The van der Waals surface area contributed by atoms with Gasteiger partial charge in [0.25, 0.3) is 5.91 Å². The number of hydrogen-bond donors (Lipinski definition) is 1. The van der Waals surface area contributed by atoms with Crippen molar-refractivity contribution in [3.63, 3.8) is 0 Å². The van der Waals surface area contributed by atoms with Crippen molar-refractivity contribution in [2.45, 2.75) is 32.6 Å². The van der Waals surface area contributed by atoms with Crippen LogP contribution in [0.4, 0.5) is 5.69 Å². The third kappa shape index (κ3) is 3.70. The van der Waals surface area contributed by atoms with E-state index in [0.717, 1.165) is 11.1 Å². The summed E-state index contributed by atoms with van der Waals surface area (Å²) >= 11 is 0. The summed E-state index contributed by atoms with van der Waals surface area (Å²) < 4.78 is 37.7. The second-order valence-corrected chi connectivity index (χ2v) is 8.46. The molecule has 0 saturated carbocycles. The van der Waals surface area contributed by atoms with Gasteiger partial charge in [-0.3, -0.25) is 4.79 Å². The Kier molecular flexibility index (Phi) is 5.62. The number of aryl methyl sites for hydroxylation is 1. The summed E-state index contributed by atoms with van der Waals surface area (Å²) in [6.07, 6.45) is 0. The summed E-state index contributed by atoms with van der Waals surface area (Å²) in [5.74, 6) is 0.757. The number of carbonyl (C=O) groups is 1. The van der Waals surface area contributed by atoms with Gasteiger partial charge in [0.2, 0.25) is 16.8 Å². The van der Waals surface area contributed by atoms with Gasteiger partial charge in [0.05, 0.1) is 4.90 Å². The van der Waals surface area contributed by atoms with Crippen LogP contribution in [0.15, 0.2) is 35.2 Å². The first kappa shape index (κ1) is 20.2. The van der Waals surface area contributed by atoms with Gasteiger partial charge in [-0.05, 0) is 55.3 Å². The van der Waals surface area contributed by atoms with Gasteiger partial charge >= 0.3 is 0 Å². The third-order valence-electron chi connectivity index (χ3n) is 4.87. The number of carbonyl (C=O) groups excluding carboxylic acids is 1. The van der Waals surface area contributed by atoms with Crippen molar-refractivity contribution in [1.82, 2.24) is 4.31 Å². The van der Waals surface area contributed by atoms with Gasteiger partial charge < -0.3 is 14.8 Å². The van der Waals surface area contributed by atoms with E-state index < -0.39 is 10.0 Å². The molecule has 1 heterocycles. The minimum atomic E-state index is -3.63. The van der Waals surface area contributed by atoms with Gasteiger partial charge in [0, 0.05) is 24.3 Å². The molecule has 0 aliphatic carbocycles. The number of hydrogen-bond acceptors (Lipinski definition) is 5. The molecule has 7 nitrogen and oxygen atoms in total. The maximum atomic E-state index is 12.9. The molecule has 2 aromatic carbocycles. The zero-order valence-corrected chi connectivity index (χ0v) is 17.2. The SMILES string of the molecule is CCN(CC)S(=O)(=O)c1cc(C)c(C)c(NC(=O)c2ccc3c(c2)OCO3)c1. The molecular formula is C20H24N2O5S. The van der Waals surface area contributed by atoms with Gasteiger partial charge in [-0.25, -0.2) is 8.42 Å². The molecule has 1 aliphatic heterocycles. The maximum absolute atomic E-state index is 12.9. The zero-order valence-electron chi connectivity index (χ0n) is 16.4. The number of fused-ring (bicyclic) bond motifs is 1. The summed E-state index contributed by atoms with van der Waals surface area (Å²) in [5, 5.41) is 2.83. The molecular weight excluding hydrogens is 380 g/mol. The minimum Gasteiger partial charge on any atom is -0.454 e. The lowest BCUT2D eigenvalue weighted by Crippen LogP contribution is -2.30. The zero-order chi connectivity index (χ0) is 20.5. The highest BCUT2D eigenvalue weighted by atomic mass is 32.2. The highest BCUT2D eigenvalue weighted by molar-refractivity contribution is 7.89. The first-order chi connectivity index (χ1) is 13.3. The Morgan fingerprint density at radius 3 is 2.43 bits per heavy atom. The van der Waals surface area contributed by atoms with Crippen LogP contribution in [0.2, 0.25) is 0 Å². The van der Waals surface area contributed by atoms with E-state index in [4.69, 9.17) is 9.47 Å². The maximum Gasteiger partial charge on any atom is 0.255 e. The molecule has 150 valence electrons. The summed E-state index contributed by atoms with van der Waals surface area (Å²) in [7, 11) is -3.63. The van der Waals surface area contributed by atoms with Gasteiger partial charge in [-0.2, -0.15) is 4.31 Å². The Morgan fingerprint density at radius 1 is 1.07 bits per heavy atom. The van der Waals surface area contributed by atoms with Crippen molar-refractivity contribution in [3.8, 4) is 11.5 Å². The van der Waals surface area contributed by atoms with Crippen LogP contribution in [0.1, 0.15) is 35.3 Å². The highest BCUT2D eigenvalue weighted by Gasteiger charge is 2.24. The molecule has 0 aromatic heterocycles. The van der Waals surface area contributed by atoms with Crippen LogP contribution in [0.25, 0.3) is 0 Å². The van der Waals surface area contributed by atoms with Crippen molar-refractivity contribution < 1.29 is 22.7 Å². The van der Waals surface area contributed by atoms with E-state index >= 15 is 0 Å². The Bertz CT molecular complexity index is 1010. The molecule has 8 heteroatoms. The van der Waals surface area contributed by atoms with Gasteiger partial charge in [-0.15, -0.1) is 0 Å². The van der Waals surface area contributed by atoms with Crippen LogP contribution >= 0.6 is 0 Å². The summed E-state index contributed by atoms with van der Waals surface area (Å²) in [6.45, 7) is 8.15. The average molecular weight is 404 g/mol. The second kappa shape index (κ2) is 7.81. The topological polar surface area (TPSA) is 84.9 Å². The van der Waals surface area contributed by atoms with E-state index in [2.05, 4.69) is 5.32 Å². The second-order valence-electron chi connectivity index (χ2n) is 6.52. The number of nitrogens with one attached hydrogen (secondary N) is 1. The van der Waals surface area contributed by atoms with E-state index in [9.17, 15) is 13.2 Å². The van der Waals surface area contributed by atoms with E-state index in [1.165, 1.54) is 10.4 Å². The molecule has 1 aliphatic rings. The molecule has 1 N–H and O–H groups in total. The van der Waals surface area contributed by atoms with Crippen LogP contribution in [0.3, 0.4) is 0 Å². The van der Waals surface area contributed by atoms with Gasteiger partial charge in [-0.1, -0.05) is 13.8 Å². The molecule has 2 aromatic rings. The number of anilines is 1. The fourth-order valence-electron chi connectivity index (χ4n) is 3.05. The van der Waals surface area contributed by atoms with E-state index in [-0.39, 0.29) is 17.6 Å². The standard InChI is InChI=1S/C20H24N2O5S/c1-5-22(6-2)28(24,25)16-9-13(3)14(4)17(11-16)21-20(23)15-7-8-18-19(10-15)27-12-26-18/h7-11H,5-6,12H2,1-4H3,(H,21,23). The number of nitrogens with zero attached hydrogens (tertiary/aromatic N) is 1. The number of benzene rings is 2. The van der Waals surface area contributed by atoms with Gasteiger partial charge in [0.1, 0.15) is 0 Å². The number of rotatable bonds is 6. The van der Waals surface area contributed by atoms with Crippen molar-refractivity contribution in [3.05, 3.63) is 47.0 Å². The molecule has 3 rings (SSSR count). The Hall–Kier alpha value is -2.58. The molecule has 0 atom stereocenters. The lowest BCUT2D eigenvalue weighted by atomic mass is 10.1. The molecule has 0 fully saturated rings. The quantitative estimate of drug-likeness (QED) is 0.798. The van der Waals surface area contributed by atoms with Crippen LogP contribution in [-0.4, -0.2) is 38.5 Å². The number of sulfonamides is 1. The molecule has 0 saturated heterocycles. The van der Waals surface area contributed by atoms with E-state index in [1.807, 2.05) is 13.8 Å². The molecule has 0 bridgehead atoms. The van der Waals surface area contributed by atoms with Crippen LogP contribution in [-0.2, 0) is 10.0 Å². The minimum absolute atomic E-state index is 0.129. The first-order valence-electron chi connectivity index (χ1n) is 9.10. The van der Waals surface area contributed by atoms with Crippen LogP contribution in [0, 0.1) is 13.8 Å². The molecule has 0 radical (unpaired) electrons. The normalized spacial score (nSPS) is 13.0. The fraction of sp³-hybridized carbons (Fsp3) is 0.350. The smallest absolute Gasteiger partial charge is 0.255 e. The Morgan fingerprint density at radius 2 is 1.75 bits per heavy atom. The molecule has 1 amide bonds. The van der Waals surface area contributed by atoms with Crippen molar-refractivity contribution in [2.24, 2.45) is 0 Å². The van der Waals surface area contributed by atoms with Crippen LogP contribution < -0.4 is 14.8 Å². The summed E-state index contributed by atoms with van der Waals surface area (Å²) in [4.78, 5) is 12.9. The van der Waals surface area contributed by atoms with E-state index in [1.54, 1.807) is 38.1 Å². The fourth-order valence-corrected chi connectivity index (χ4v) is 4.62. The predicted molar refractivity (Wildman–Crippen MR) is 107 cm³/mol.